The Balaban J connectivity index is 2.46. The fraction of sp³-hybridized carbons (Fsp3) is 0.125. The Morgan fingerprint density at radius 1 is 1.62 bits per heavy atom. The number of carbonyl (C=O) groups is 1. The fourth-order valence-electron chi connectivity index (χ4n) is 1.16. The predicted octanol–water partition coefficient (Wildman–Crippen LogP) is 0.623. The van der Waals surface area contributed by atoms with Gasteiger partial charge in [-0.15, -0.1) is 0 Å². The number of H-pyrrole nitrogens is 1. The van der Waals surface area contributed by atoms with Gasteiger partial charge >= 0.3 is 0 Å². The monoisotopic (exact) mass is 176 g/mol. The average molecular weight is 176 g/mol. The van der Waals surface area contributed by atoms with Crippen molar-refractivity contribution in [3.63, 3.8) is 0 Å². The van der Waals surface area contributed by atoms with Crippen LogP contribution in [-0.4, -0.2) is 26.0 Å². The molecule has 2 aromatic rings. The van der Waals surface area contributed by atoms with E-state index in [2.05, 4.69) is 15.1 Å². The number of aromatic nitrogens is 4. The van der Waals surface area contributed by atoms with Crippen molar-refractivity contribution in [3.8, 4) is 11.4 Å². The van der Waals surface area contributed by atoms with Crippen LogP contribution in [0, 0.1) is 0 Å². The highest BCUT2D eigenvalue weighted by Crippen LogP contribution is 2.14. The maximum absolute atomic E-state index is 10.4. The summed E-state index contributed by atoms with van der Waals surface area (Å²) >= 11 is 0. The summed E-state index contributed by atoms with van der Waals surface area (Å²) < 4.78 is 1.71. The van der Waals surface area contributed by atoms with Gasteiger partial charge in [0.25, 0.3) is 0 Å². The lowest BCUT2D eigenvalue weighted by Gasteiger charge is -1.95. The first kappa shape index (κ1) is 7.72. The number of hydrogen-bond donors (Lipinski definition) is 1. The third kappa shape index (κ3) is 1.24. The molecule has 0 amide bonds. The number of aryl methyl sites for hydroxylation is 1. The molecule has 0 aliphatic rings. The molecule has 5 heteroatoms. The van der Waals surface area contributed by atoms with Crippen LogP contribution in [0.2, 0.25) is 0 Å². The van der Waals surface area contributed by atoms with E-state index < -0.39 is 0 Å². The third-order valence-electron chi connectivity index (χ3n) is 1.80. The van der Waals surface area contributed by atoms with Crippen molar-refractivity contribution >= 4 is 6.29 Å². The van der Waals surface area contributed by atoms with Gasteiger partial charge in [0.2, 0.25) is 0 Å². The molecule has 5 nitrogen and oxygen atoms in total. The molecule has 2 rings (SSSR count). The molecule has 1 N–H and O–H groups in total. The third-order valence-corrected chi connectivity index (χ3v) is 1.80. The Bertz CT molecular complexity index is 429. The van der Waals surface area contributed by atoms with Crippen LogP contribution in [0.3, 0.4) is 0 Å². The molecule has 0 aliphatic heterocycles. The van der Waals surface area contributed by atoms with Crippen molar-refractivity contribution in [2.75, 3.05) is 0 Å². The van der Waals surface area contributed by atoms with Crippen molar-refractivity contribution in [1.29, 1.82) is 0 Å². The van der Waals surface area contributed by atoms with Crippen LogP contribution in [0.5, 0.6) is 0 Å². The summed E-state index contributed by atoms with van der Waals surface area (Å²) in [4.78, 5) is 17.1. The van der Waals surface area contributed by atoms with Crippen LogP contribution >= 0.6 is 0 Å². The fourth-order valence-corrected chi connectivity index (χ4v) is 1.16. The van der Waals surface area contributed by atoms with Gasteiger partial charge in [0.15, 0.2) is 12.1 Å². The Morgan fingerprint density at radius 2 is 2.46 bits per heavy atom. The quantitative estimate of drug-likeness (QED) is 0.682. The van der Waals surface area contributed by atoms with E-state index in [4.69, 9.17) is 0 Å². The maximum Gasteiger partial charge on any atom is 0.185 e. The molecular formula is C8H8N4O. The van der Waals surface area contributed by atoms with Gasteiger partial charge in [-0.2, -0.15) is 5.10 Å². The molecule has 2 aromatic heterocycles. The van der Waals surface area contributed by atoms with Crippen LogP contribution in [0.1, 0.15) is 10.6 Å². The molecular weight excluding hydrogens is 168 g/mol. The number of rotatable bonds is 2. The Hall–Kier alpha value is -1.91. The summed E-state index contributed by atoms with van der Waals surface area (Å²) in [6, 6.07) is 1.85. The molecule has 13 heavy (non-hydrogen) atoms. The van der Waals surface area contributed by atoms with E-state index in [0.29, 0.717) is 12.1 Å². The summed E-state index contributed by atoms with van der Waals surface area (Å²) in [5.41, 5.74) is 1.70. The summed E-state index contributed by atoms with van der Waals surface area (Å²) in [5.74, 6) is 0.330. The van der Waals surface area contributed by atoms with Crippen LogP contribution < -0.4 is 0 Å². The smallest absolute Gasteiger partial charge is 0.185 e. The predicted molar refractivity (Wildman–Crippen MR) is 46.2 cm³/mol. The zero-order chi connectivity index (χ0) is 9.26. The first-order valence-corrected chi connectivity index (χ1v) is 3.80. The molecule has 0 unspecified atom stereocenters. The molecule has 0 aliphatic carbocycles. The number of nitrogens with one attached hydrogen (secondary N) is 1. The summed E-state index contributed by atoms with van der Waals surface area (Å²) in [5, 5.41) is 4.01. The second kappa shape index (κ2) is 2.85. The van der Waals surface area contributed by atoms with Crippen LogP contribution in [0.25, 0.3) is 11.4 Å². The number of aromatic amines is 1. The Labute approximate surface area is 74.4 Å². The lowest BCUT2D eigenvalue weighted by Crippen LogP contribution is -1.93. The van der Waals surface area contributed by atoms with Crippen molar-refractivity contribution in [2.45, 2.75) is 0 Å². The van der Waals surface area contributed by atoms with Gasteiger partial charge in [-0.1, -0.05) is 0 Å². The number of nitrogens with zero attached hydrogens (tertiary/aromatic N) is 3. The van der Waals surface area contributed by atoms with Crippen LogP contribution in [0.4, 0.5) is 0 Å². The SMILES string of the molecule is Cn1nccc1-c1cnc(C=O)[nH]1. The van der Waals surface area contributed by atoms with Crippen molar-refractivity contribution < 1.29 is 4.79 Å². The van der Waals surface area contributed by atoms with Gasteiger partial charge < -0.3 is 4.98 Å². The lowest BCUT2D eigenvalue weighted by atomic mass is 10.3. The molecule has 0 fully saturated rings. The summed E-state index contributed by atoms with van der Waals surface area (Å²) in [6.07, 6.45) is 3.98. The summed E-state index contributed by atoms with van der Waals surface area (Å²) in [6.45, 7) is 0. The molecule has 0 atom stereocenters. The molecule has 0 bridgehead atoms. The van der Waals surface area contributed by atoms with Gasteiger partial charge in [-0.05, 0) is 6.07 Å². The molecule has 0 aromatic carbocycles. The van der Waals surface area contributed by atoms with E-state index in [1.807, 2.05) is 13.1 Å². The molecule has 0 spiro atoms. The van der Waals surface area contributed by atoms with E-state index in [-0.39, 0.29) is 0 Å². The van der Waals surface area contributed by atoms with Gasteiger partial charge in [-0.3, -0.25) is 9.48 Å². The second-order valence-electron chi connectivity index (χ2n) is 2.64. The number of hydrogen-bond acceptors (Lipinski definition) is 3. The molecule has 66 valence electrons. The first-order chi connectivity index (χ1) is 6.31. The van der Waals surface area contributed by atoms with E-state index in [1.54, 1.807) is 17.1 Å². The zero-order valence-electron chi connectivity index (χ0n) is 7.06. The van der Waals surface area contributed by atoms with Crippen molar-refractivity contribution in [3.05, 3.63) is 24.3 Å². The van der Waals surface area contributed by atoms with Gasteiger partial charge in [0, 0.05) is 13.2 Å². The van der Waals surface area contributed by atoms with Gasteiger partial charge in [0.05, 0.1) is 17.6 Å². The van der Waals surface area contributed by atoms with Crippen molar-refractivity contribution in [2.24, 2.45) is 7.05 Å². The van der Waals surface area contributed by atoms with Gasteiger partial charge in [-0.25, -0.2) is 4.98 Å². The molecule has 0 radical (unpaired) electrons. The molecule has 0 saturated carbocycles. The van der Waals surface area contributed by atoms with Crippen LogP contribution in [-0.2, 0) is 7.05 Å². The minimum Gasteiger partial charge on any atom is -0.334 e. The summed E-state index contributed by atoms with van der Waals surface area (Å²) in [7, 11) is 1.83. The second-order valence-corrected chi connectivity index (χ2v) is 2.64. The maximum atomic E-state index is 10.4. The van der Waals surface area contributed by atoms with Crippen LogP contribution in [0.15, 0.2) is 18.5 Å². The Morgan fingerprint density at radius 3 is 3.00 bits per heavy atom. The average Bonchev–Trinajstić information content (AvgIpc) is 2.71. The van der Waals surface area contributed by atoms with E-state index >= 15 is 0 Å². The van der Waals surface area contributed by atoms with E-state index in [9.17, 15) is 4.79 Å². The normalized spacial score (nSPS) is 10.2. The van der Waals surface area contributed by atoms with E-state index in [1.165, 1.54) is 0 Å². The molecule has 0 saturated heterocycles. The number of imidazole rings is 1. The van der Waals surface area contributed by atoms with E-state index in [0.717, 1.165) is 11.4 Å². The number of aldehydes is 1. The highest BCUT2D eigenvalue weighted by atomic mass is 16.1. The standard InChI is InChI=1S/C8H8N4O/c1-12-7(2-3-10-12)6-4-9-8(5-13)11-6/h2-5H,1H3,(H,9,11). The Kier molecular flexibility index (Phi) is 1.70. The minimum atomic E-state index is 0.330. The first-order valence-electron chi connectivity index (χ1n) is 3.80. The topological polar surface area (TPSA) is 63.6 Å². The molecule has 2 heterocycles. The van der Waals surface area contributed by atoms with Crippen molar-refractivity contribution in [1.82, 2.24) is 19.7 Å². The minimum absolute atomic E-state index is 0.330. The zero-order valence-corrected chi connectivity index (χ0v) is 7.06. The van der Waals surface area contributed by atoms with Gasteiger partial charge in [0.1, 0.15) is 0 Å². The number of carbonyl (C=O) groups excluding carboxylic acids is 1. The largest absolute Gasteiger partial charge is 0.334 e. The highest BCUT2D eigenvalue weighted by Gasteiger charge is 2.05. The highest BCUT2D eigenvalue weighted by molar-refractivity contribution is 5.71. The lowest BCUT2D eigenvalue weighted by molar-refractivity contribution is 0.111.